The molecule has 0 spiro atoms. The average molecular weight is 475 g/mol. The van der Waals surface area contributed by atoms with Crippen molar-refractivity contribution in [3.63, 3.8) is 0 Å². The maximum absolute atomic E-state index is 13.6. The van der Waals surface area contributed by atoms with Crippen LogP contribution in [0.4, 0.5) is 13.6 Å². The molecule has 0 aliphatic heterocycles. The van der Waals surface area contributed by atoms with Gasteiger partial charge in [0.2, 0.25) is 5.91 Å². The second-order valence-electron chi connectivity index (χ2n) is 9.16. The third-order valence-electron chi connectivity index (χ3n) is 5.75. The van der Waals surface area contributed by atoms with Gasteiger partial charge in [-0.3, -0.25) is 9.59 Å². The number of alkyl halides is 2. The smallest absolute Gasteiger partial charge is 0.407 e. The number of carbonyl (C=O) groups excluding carboxylic acids is 2. The zero-order valence-corrected chi connectivity index (χ0v) is 19.3. The second kappa shape index (κ2) is 10.2. The molecular weight excluding hydrogens is 446 g/mol. The monoisotopic (exact) mass is 474 g/mol. The van der Waals surface area contributed by atoms with Crippen LogP contribution in [0, 0.1) is 0 Å². The number of ether oxygens (including phenoxy) is 1. The van der Waals surface area contributed by atoms with Crippen LogP contribution in [-0.2, 0) is 14.3 Å². The molecule has 2 aromatic rings. The van der Waals surface area contributed by atoms with E-state index in [0.717, 1.165) is 27.2 Å². The minimum atomic E-state index is -3.05. The van der Waals surface area contributed by atoms with Gasteiger partial charge >= 0.3 is 12.1 Å². The fourth-order valence-corrected chi connectivity index (χ4v) is 4.13. The highest BCUT2D eigenvalue weighted by molar-refractivity contribution is 5.83. The number of alkyl carbamates (subject to hydrolysis) is 1. The van der Waals surface area contributed by atoms with E-state index in [1.165, 1.54) is 0 Å². The number of benzene rings is 2. The Morgan fingerprint density at radius 1 is 1.03 bits per heavy atom. The summed E-state index contributed by atoms with van der Waals surface area (Å²) in [5, 5.41) is 11.1. The summed E-state index contributed by atoms with van der Waals surface area (Å²) >= 11 is 0. The van der Waals surface area contributed by atoms with E-state index < -0.39 is 48.9 Å². The van der Waals surface area contributed by atoms with E-state index in [2.05, 4.69) is 5.32 Å². The summed E-state index contributed by atoms with van der Waals surface area (Å²) in [6.07, 6.45) is -4.87. The van der Waals surface area contributed by atoms with E-state index in [4.69, 9.17) is 9.84 Å². The van der Waals surface area contributed by atoms with Crippen molar-refractivity contribution in [2.24, 2.45) is 0 Å². The summed E-state index contributed by atoms with van der Waals surface area (Å²) in [4.78, 5) is 37.1. The molecule has 0 bridgehead atoms. The van der Waals surface area contributed by atoms with Crippen molar-refractivity contribution in [2.45, 2.75) is 51.1 Å². The van der Waals surface area contributed by atoms with Crippen LogP contribution in [0.3, 0.4) is 0 Å². The van der Waals surface area contributed by atoms with Crippen LogP contribution < -0.4 is 5.32 Å². The Morgan fingerprint density at radius 3 is 2.03 bits per heavy atom. The number of aliphatic carboxylic acids is 1. The van der Waals surface area contributed by atoms with Crippen molar-refractivity contribution in [1.29, 1.82) is 0 Å². The first-order valence-corrected chi connectivity index (χ1v) is 10.9. The number of halogens is 2. The van der Waals surface area contributed by atoms with Gasteiger partial charge in [-0.15, -0.1) is 0 Å². The Morgan fingerprint density at radius 2 is 1.56 bits per heavy atom. The van der Waals surface area contributed by atoms with Crippen LogP contribution in [-0.4, -0.2) is 59.1 Å². The van der Waals surface area contributed by atoms with Crippen molar-refractivity contribution in [3.05, 3.63) is 59.7 Å². The molecule has 182 valence electrons. The molecule has 2 N–H and O–H groups in total. The van der Waals surface area contributed by atoms with Crippen LogP contribution >= 0.6 is 0 Å². The molecule has 1 unspecified atom stereocenters. The van der Waals surface area contributed by atoms with Gasteiger partial charge in [-0.2, -0.15) is 0 Å². The second-order valence-corrected chi connectivity index (χ2v) is 9.16. The van der Waals surface area contributed by atoms with Gasteiger partial charge in [-0.25, -0.2) is 13.6 Å². The molecule has 3 rings (SSSR count). The van der Waals surface area contributed by atoms with Crippen LogP contribution in [0.2, 0.25) is 0 Å². The van der Waals surface area contributed by atoms with Gasteiger partial charge in [0.1, 0.15) is 19.2 Å². The molecule has 0 saturated heterocycles. The maximum atomic E-state index is 13.6. The zero-order chi connectivity index (χ0) is 25.0. The first-order valence-electron chi connectivity index (χ1n) is 10.9. The van der Waals surface area contributed by atoms with Gasteiger partial charge < -0.3 is 20.1 Å². The quantitative estimate of drug-likeness (QED) is 0.596. The number of rotatable bonds is 8. The van der Waals surface area contributed by atoms with Gasteiger partial charge in [0, 0.05) is 11.5 Å². The molecule has 0 aromatic heterocycles. The van der Waals surface area contributed by atoms with E-state index in [9.17, 15) is 23.2 Å². The molecule has 0 radical (unpaired) electrons. The summed E-state index contributed by atoms with van der Waals surface area (Å²) in [6.45, 7) is 4.11. The van der Waals surface area contributed by atoms with Crippen LogP contribution in [0.5, 0.6) is 0 Å². The molecule has 0 fully saturated rings. The Kier molecular flexibility index (Phi) is 7.54. The van der Waals surface area contributed by atoms with Crippen molar-refractivity contribution >= 4 is 18.0 Å². The number of carbonyl (C=O) groups is 3. The number of amides is 2. The summed E-state index contributed by atoms with van der Waals surface area (Å²) in [5.74, 6) is -2.31. The standard InChI is InChI=1S/C25H28F2N2O5/c1-25(2,3)29(13-22(31)32)21(30)12-20(23(26)27)28-24(33)34-14-19-17-10-6-4-8-15(17)16-9-5-7-11-18(16)19/h4-11,19-20,23H,12-14H2,1-3H3,(H,28,33)(H,31,32). The lowest BCUT2D eigenvalue weighted by Crippen LogP contribution is -2.51. The molecular formula is C25H28F2N2O5. The lowest BCUT2D eigenvalue weighted by atomic mass is 9.98. The minimum Gasteiger partial charge on any atom is -0.480 e. The number of carboxylic acid groups (broad SMARTS) is 1. The Balaban J connectivity index is 1.66. The number of fused-ring (bicyclic) bond motifs is 3. The predicted molar refractivity (Wildman–Crippen MR) is 122 cm³/mol. The van der Waals surface area contributed by atoms with E-state index >= 15 is 0 Å². The first kappa shape index (κ1) is 25.1. The van der Waals surface area contributed by atoms with E-state index in [1.54, 1.807) is 20.8 Å². The molecule has 1 aliphatic rings. The van der Waals surface area contributed by atoms with E-state index in [0.29, 0.717) is 0 Å². The Bertz CT molecular complexity index is 1020. The molecule has 0 heterocycles. The molecule has 2 aromatic carbocycles. The van der Waals surface area contributed by atoms with Crippen molar-refractivity contribution < 1.29 is 33.0 Å². The Labute approximate surface area is 196 Å². The van der Waals surface area contributed by atoms with E-state index in [-0.39, 0.29) is 12.5 Å². The lowest BCUT2D eigenvalue weighted by Gasteiger charge is -2.35. The minimum absolute atomic E-state index is 0.0586. The van der Waals surface area contributed by atoms with Gasteiger partial charge in [0.05, 0.1) is 6.42 Å². The van der Waals surface area contributed by atoms with Crippen molar-refractivity contribution in [3.8, 4) is 11.1 Å². The van der Waals surface area contributed by atoms with Gasteiger partial charge in [-0.1, -0.05) is 48.5 Å². The third-order valence-corrected chi connectivity index (χ3v) is 5.75. The predicted octanol–water partition coefficient (Wildman–Crippen LogP) is 4.26. The maximum Gasteiger partial charge on any atom is 0.407 e. The number of carboxylic acids is 1. The first-order chi connectivity index (χ1) is 16.0. The fraction of sp³-hybridized carbons (Fsp3) is 0.400. The zero-order valence-electron chi connectivity index (χ0n) is 19.3. The highest BCUT2D eigenvalue weighted by Gasteiger charge is 2.34. The molecule has 1 aliphatic carbocycles. The SMILES string of the molecule is CC(C)(C)N(CC(=O)O)C(=O)CC(NC(=O)OCC1c2ccccc2-c2ccccc21)C(F)F. The lowest BCUT2D eigenvalue weighted by molar-refractivity contribution is -0.149. The molecule has 34 heavy (non-hydrogen) atoms. The molecule has 9 heteroatoms. The summed E-state index contributed by atoms with van der Waals surface area (Å²) in [7, 11) is 0. The normalized spacial score (nSPS) is 13.7. The molecule has 0 saturated carbocycles. The van der Waals surface area contributed by atoms with Gasteiger partial charge in [0.15, 0.2) is 0 Å². The molecule has 1 atom stereocenters. The summed E-state index contributed by atoms with van der Waals surface area (Å²) < 4.78 is 32.5. The summed E-state index contributed by atoms with van der Waals surface area (Å²) in [5.41, 5.74) is 3.12. The molecule has 2 amide bonds. The Hall–Kier alpha value is -3.49. The van der Waals surface area contributed by atoms with Crippen LogP contribution in [0.15, 0.2) is 48.5 Å². The average Bonchev–Trinajstić information content (AvgIpc) is 3.08. The highest BCUT2D eigenvalue weighted by atomic mass is 19.3. The number of hydrogen-bond acceptors (Lipinski definition) is 4. The van der Waals surface area contributed by atoms with Crippen molar-refractivity contribution in [1.82, 2.24) is 10.2 Å². The third kappa shape index (κ3) is 5.70. The van der Waals surface area contributed by atoms with E-state index in [1.807, 2.05) is 48.5 Å². The largest absolute Gasteiger partial charge is 0.480 e. The van der Waals surface area contributed by atoms with Crippen LogP contribution in [0.1, 0.15) is 44.2 Å². The number of nitrogens with zero attached hydrogens (tertiary/aromatic N) is 1. The van der Waals surface area contributed by atoms with Crippen LogP contribution in [0.25, 0.3) is 11.1 Å². The number of nitrogens with one attached hydrogen (secondary N) is 1. The fourth-order valence-electron chi connectivity index (χ4n) is 4.13. The van der Waals surface area contributed by atoms with Crippen molar-refractivity contribution in [2.75, 3.05) is 13.2 Å². The topological polar surface area (TPSA) is 95.9 Å². The highest BCUT2D eigenvalue weighted by Crippen LogP contribution is 2.44. The molecule has 7 nitrogen and oxygen atoms in total. The van der Waals surface area contributed by atoms with Gasteiger partial charge in [-0.05, 0) is 43.0 Å². The van der Waals surface area contributed by atoms with Gasteiger partial charge in [0.25, 0.3) is 6.43 Å². The number of hydrogen-bond donors (Lipinski definition) is 2. The summed E-state index contributed by atoms with van der Waals surface area (Å²) in [6, 6.07) is 13.6.